The SMILES string of the molecule is CCCCOc1cccc(Oc2ncc(C#CC(C)NC(C)=O)s2)c1C. The summed E-state index contributed by atoms with van der Waals surface area (Å²) in [5, 5.41) is 3.24. The van der Waals surface area contributed by atoms with Crippen LogP contribution in [0, 0.1) is 18.8 Å². The Morgan fingerprint density at radius 2 is 2.15 bits per heavy atom. The van der Waals surface area contributed by atoms with E-state index in [4.69, 9.17) is 9.47 Å². The van der Waals surface area contributed by atoms with Gasteiger partial charge in [0, 0.05) is 12.5 Å². The third-order valence-electron chi connectivity index (χ3n) is 3.50. The highest BCUT2D eigenvalue weighted by atomic mass is 32.1. The van der Waals surface area contributed by atoms with Crippen molar-refractivity contribution in [2.45, 2.75) is 46.6 Å². The molecule has 26 heavy (non-hydrogen) atoms. The topological polar surface area (TPSA) is 60.5 Å². The smallest absolute Gasteiger partial charge is 0.279 e. The molecule has 6 heteroatoms. The highest BCUT2D eigenvalue weighted by Gasteiger charge is 2.09. The Kier molecular flexibility index (Phi) is 7.49. The van der Waals surface area contributed by atoms with Gasteiger partial charge in [-0.05, 0) is 32.4 Å². The zero-order chi connectivity index (χ0) is 18.9. The highest BCUT2D eigenvalue weighted by molar-refractivity contribution is 7.13. The largest absolute Gasteiger partial charge is 0.493 e. The fraction of sp³-hybridized carbons (Fsp3) is 0.400. The molecule has 0 aliphatic heterocycles. The Labute approximate surface area is 158 Å². The van der Waals surface area contributed by atoms with Gasteiger partial charge >= 0.3 is 0 Å². The van der Waals surface area contributed by atoms with Gasteiger partial charge in [0.05, 0.1) is 18.8 Å². The fourth-order valence-corrected chi connectivity index (χ4v) is 2.81. The number of nitrogens with one attached hydrogen (secondary N) is 1. The average Bonchev–Trinajstić information content (AvgIpc) is 3.03. The third-order valence-corrected chi connectivity index (χ3v) is 4.29. The van der Waals surface area contributed by atoms with Gasteiger partial charge in [-0.15, -0.1) is 0 Å². The second-order valence-corrected chi connectivity index (χ2v) is 6.86. The first-order chi connectivity index (χ1) is 12.5. The summed E-state index contributed by atoms with van der Waals surface area (Å²) in [6.07, 6.45) is 3.79. The Hall–Kier alpha value is -2.52. The zero-order valence-electron chi connectivity index (χ0n) is 15.6. The molecule has 138 valence electrons. The minimum absolute atomic E-state index is 0.100. The van der Waals surface area contributed by atoms with Crippen LogP contribution in [0.4, 0.5) is 0 Å². The number of unbranched alkanes of at least 4 members (excludes halogenated alkanes) is 1. The van der Waals surface area contributed by atoms with Gasteiger partial charge in [0.15, 0.2) is 0 Å². The summed E-state index contributed by atoms with van der Waals surface area (Å²) < 4.78 is 11.7. The molecule has 0 aliphatic rings. The van der Waals surface area contributed by atoms with Crippen LogP contribution >= 0.6 is 11.3 Å². The van der Waals surface area contributed by atoms with E-state index in [2.05, 4.69) is 29.1 Å². The molecule has 1 aromatic carbocycles. The summed E-state index contributed by atoms with van der Waals surface area (Å²) in [6, 6.07) is 5.54. The van der Waals surface area contributed by atoms with Crippen LogP contribution in [0.3, 0.4) is 0 Å². The molecule has 1 atom stereocenters. The third kappa shape index (κ3) is 6.08. The van der Waals surface area contributed by atoms with Gasteiger partial charge in [-0.25, -0.2) is 4.98 Å². The highest BCUT2D eigenvalue weighted by Crippen LogP contribution is 2.33. The van der Waals surface area contributed by atoms with Crippen LogP contribution in [-0.4, -0.2) is 23.5 Å². The lowest BCUT2D eigenvalue weighted by molar-refractivity contribution is -0.119. The van der Waals surface area contributed by atoms with Crippen molar-refractivity contribution in [1.29, 1.82) is 0 Å². The molecular weight excluding hydrogens is 348 g/mol. The number of amides is 1. The molecule has 0 saturated carbocycles. The number of nitrogens with zero attached hydrogens (tertiary/aromatic N) is 1. The molecule has 1 unspecified atom stereocenters. The van der Waals surface area contributed by atoms with Gasteiger partial charge in [0.25, 0.3) is 5.19 Å². The van der Waals surface area contributed by atoms with Crippen molar-refractivity contribution in [2.75, 3.05) is 6.61 Å². The standard InChI is InChI=1S/C20H24N2O3S/c1-5-6-12-24-18-8-7-9-19(15(18)3)25-20-21-13-17(26-20)11-10-14(2)22-16(4)23/h7-9,13-14H,5-6,12H2,1-4H3,(H,22,23). The molecule has 0 fully saturated rings. The summed E-state index contributed by atoms with van der Waals surface area (Å²) in [5.41, 5.74) is 0.950. The van der Waals surface area contributed by atoms with Crippen molar-refractivity contribution in [2.24, 2.45) is 0 Å². The lowest BCUT2D eigenvalue weighted by Gasteiger charge is -2.11. The lowest BCUT2D eigenvalue weighted by Crippen LogP contribution is -2.28. The number of carbonyl (C=O) groups is 1. The molecule has 2 aromatic rings. The summed E-state index contributed by atoms with van der Waals surface area (Å²) in [4.78, 5) is 16.0. The van der Waals surface area contributed by atoms with Crippen molar-refractivity contribution >= 4 is 17.2 Å². The van der Waals surface area contributed by atoms with Gasteiger partial charge < -0.3 is 14.8 Å². The van der Waals surface area contributed by atoms with Gasteiger partial charge in [-0.1, -0.05) is 42.6 Å². The van der Waals surface area contributed by atoms with E-state index in [0.717, 1.165) is 34.8 Å². The first-order valence-corrected chi connectivity index (χ1v) is 9.46. The maximum atomic E-state index is 11.0. The number of benzene rings is 1. The number of hydrogen-bond acceptors (Lipinski definition) is 5. The molecule has 2 rings (SSSR count). The van der Waals surface area contributed by atoms with Crippen LogP contribution < -0.4 is 14.8 Å². The van der Waals surface area contributed by atoms with Crippen molar-refractivity contribution in [3.63, 3.8) is 0 Å². The molecule has 0 radical (unpaired) electrons. The average molecular weight is 372 g/mol. The lowest BCUT2D eigenvalue weighted by atomic mass is 10.2. The van der Waals surface area contributed by atoms with E-state index in [9.17, 15) is 4.79 Å². The van der Waals surface area contributed by atoms with E-state index >= 15 is 0 Å². The second-order valence-electron chi connectivity index (χ2n) is 5.87. The van der Waals surface area contributed by atoms with Crippen molar-refractivity contribution < 1.29 is 14.3 Å². The zero-order valence-corrected chi connectivity index (χ0v) is 16.4. The number of aromatic nitrogens is 1. The number of carbonyl (C=O) groups excluding carboxylic acids is 1. The minimum atomic E-state index is -0.210. The van der Waals surface area contributed by atoms with Crippen molar-refractivity contribution in [1.82, 2.24) is 10.3 Å². The maximum Gasteiger partial charge on any atom is 0.279 e. The Balaban J connectivity index is 2.04. The molecule has 0 bridgehead atoms. The van der Waals surface area contributed by atoms with E-state index in [-0.39, 0.29) is 11.9 Å². The van der Waals surface area contributed by atoms with Crippen molar-refractivity contribution in [3.05, 3.63) is 34.8 Å². The van der Waals surface area contributed by atoms with E-state index in [0.29, 0.717) is 11.8 Å². The van der Waals surface area contributed by atoms with E-state index in [1.807, 2.05) is 32.0 Å². The summed E-state index contributed by atoms with van der Waals surface area (Å²) in [7, 11) is 0. The first kappa shape index (κ1) is 19.8. The second kappa shape index (κ2) is 9.83. The monoisotopic (exact) mass is 372 g/mol. The van der Waals surface area contributed by atoms with Crippen LogP contribution in [-0.2, 0) is 4.79 Å². The first-order valence-electron chi connectivity index (χ1n) is 8.64. The van der Waals surface area contributed by atoms with Gasteiger partial charge in [0.2, 0.25) is 5.91 Å². The van der Waals surface area contributed by atoms with Gasteiger partial charge in [-0.2, -0.15) is 0 Å². The molecule has 1 heterocycles. The summed E-state index contributed by atoms with van der Waals surface area (Å²) in [5.74, 6) is 7.42. The quantitative estimate of drug-likeness (QED) is 0.581. The number of rotatable bonds is 7. The predicted octanol–water partition coefficient (Wildman–Crippen LogP) is 4.30. The maximum absolute atomic E-state index is 11.0. The van der Waals surface area contributed by atoms with Crippen molar-refractivity contribution in [3.8, 4) is 28.5 Å². The Morgan fingerprint density at radius 1 is 1.38 bits per heavy atom. The molecule has 1 amide bonds. The number of ether oxygens (including phenoxy) is 2. The minimum Gasteiger partial charge on any atom is -0.493 e. The van der Waals surface area contributed by atoms with E-state index in [1.165, 1.54) is 18.3 Å². The predicted molar refractivity (Wildman–Crippen MR) is 104 cm³/mol. The molecule has 5 nitrogen and oxygen atoms in total. The summed E-state index contributed by atoms with van der Waals surface area (Å²) in [6.45, 7) is 8.11. The fourth-order valence-electron chi connectivity index (χ4n) is 2.17. The molecule has 1 N–H and O–H groups in total. The van der Waals surface area contributed by atoms with Crippen LogP contribution in [0.1, 0.15) is 44.1 Å². The number of thiazole rings is 1. The molecule has 0 spiro atoms. The van der Waals surface area contributed by atoms with Crippen LogP contribution in [0.5, 0.6) is 16.7 Å². The molecule has 0 aliphatic carbocycles. The molecule has 0 saturated heterocycles. The van der Waals surface area contributed by atoms with Gasteiger partial charge in [-0.3, -0.25) is 4.79 Å². The van der Waals surface area contributed by atoms with Crippen LogP contribution in [0.2, 0.25) is 0 Å². The normalized spacial score (nSPS) is 11.2. The molecule has 1 aromatic heterocycles. The van der Waals surface area contributed by atoms with Crippen LogP contribution in [0.25, 0.3) is 0 Å². The number of hydrogen-bond donors (Lipinski definition) is 1. The summed E-state index contributed by atoms with van der Waals surface area (Å²) >= 11 is 1.36. The van der Waals surface area contributed by atoms with E-state index in [1.54, 1.807) is 6.20 Å². The Morgan fingerprint density at radius 3 is 2.88 bits per heavy atom. The Bertz CT molecular complexity index is 805. The van der Waals surface area contributed by atoms with Crippen LogP contribution in [0.15, 0.2) is 24.4 Å². The molecular formula is C20H24N2O3S. The van der Waals surface area contributed by atoms with Gasteiger partial charge in [0.1, 0.15) is 16.4 Å². The van der Waals surface area contributed by atoms with E-state index < -0.39 is 0 Å².